The second-order valence-electron chi connectivity index (χ2n) is 4.94. The molecule has 2 heteroatoms. The summed E-state index contributed by atoms with van der Waals surface area (Å²) in [5.74, 6) is 1.79. The van der Waals surface area contributed by atoms with Gasteiger partial charge in [0.15, 0.2) is 0 Å². The smallest absolute Gasteiger partial charge is 0.119 e. The highest BCUT2D eigenvalue weighted by atomic mass is 16.5. The minimum Gasteiger partial charge on any atom is -0.494 e. The molecule has 0 aromatic heterocycles. The van der Waals surface area contributed by atoms with E-state index in [1.807, 2.05) is 24.3 Å². The van der Waals surface area contributed by atoms with E-state index in [0.29, 0.717) is 0 Å². The molecule has 0 heterocycles. The van der Waals surface area contributed by atoms with Gasteiger partial charge in [0.2, 0.25) is 0 Å². The van der Waals surface area contributed by atoms with Gasteiger partial charge >= 0.3 is 0 Å². The third-order valence-electron chi connectivity index (χ3n) is 3.63. The SMILES string of the molecule is OCc1ccc(OCCC2CCCCC2)cc1. The maximum Gasteiger partial charge on any atom is 0.119 e. The number of aliphatic hydroxyl groups is 1. The van der Waals surface area contributed by atoms with Crippen LogP contribution in [0.4, 0.5) is 0 Å². The van der Waals surface area contributed by atoms with Gasteiger partial charge in [-0.2, -0.15) is 0 Å². The maximum atomic E-state index is 8.93. The van der Waals surface area contributed by atoms with Crippen molar-refractivity contribution in [2.45, 2.75) is 45.1 Å². The molecule has 0 spiro atoms. The van der Waals surface area contributed by atoms with E-state index in [2.05, 4.69) is 0 Å². The first-order valence-electron chi connectivity index (χ1n) is 6.71. The van der Waals surface area contributed by atoms with Crippen LogP contribution in [0.2, 0.25) is 0 Å². The molecule has 1 aromatic carbocycles. The summed E-state index contributed by atoms with van der Waals surface area (Å²) < 4.78 is 5.73. The van der Waals surface area contributed by atoms with Gasteiger partial charge in [0, 0.05) is 0 Å². The van der Waals surface area contributed by atoms with E-state index in [-0.39, 0.29) is 6.61 Å². The molecule has 1 aliphatic rings. The van der Waals surface area contributed by atoms with Gasteiger partial charge < -0.3 is 9.84 Å². The number of rotatable bonds is 5. The molecule has 2 rings (SSSR count). The summed E-state index contributed by atoms with van der Waals surface area (Å²) in [4.78, 5) is 0. The Morgan fingerprint density at radius 2 is 1.76 bits per heavy atom. The first-order chi connectivity index (χ1) is 8.38. The third kappa shape index (κ3) is 4.04. The highest BCUT2D eigenvalue weighted by molar-refractivity contribution is 5.26. The van der Waals surface area contributed by atoms with Crippen LogP contribution in [0, 0.1) is 5.92 Å². The summed E-state index contributed by atoms with van der Waals surface area (Å²) in [6, 6.07) is 7.70. The summed E-state index contributed by atoms with van der Waals surface area (Å²) >= 11 is 0. The molecule has 2 nitrogen and oxygen atoms in total. The van der Waals surface area contributed by atoms with Crippen molar-refractivity contribution in [3.8, 4) is 5.75 Å². The van der Waals surface area contributed by atoms with Crippen LogP contribution >= 0.6 is 0 Å². The minimum absolute atomic E-state index is 0.0996. The molecule has 94 valence electrons. The molecular formula is C15H22O2. The van der Waals surface area contributed by atoms with Crippen molar-refractivity contribution in [1.29, 1.82) is 0 Å². The van der Waals surface area contributed by atoms with E-state index in [1.54, 1.807) is 0 Å². The van der Waals surface area contributed by atoms with Crippen LogP contribution in [0.1, 0.15) is 44.1 Å². The average Bonchev–Trinajstić information content (AvgIpc) is 2.41. The highest BCUT2D eigenvalue weighted by Gasteiger charge is 2.12. The normalized spacial score (nSPS) is 17.0. The van der Waals surface area contributed by atoms with Crippen molar-refractivity contribution < 1.29 is 9.84 Å². The van der Waals surface area contributed by atoms with Gasteiger partial charge in [0.1, 0.15) is 5.75 Å². The lowest BCUT2D eigenvalue weighted by molar-refractivity contribution is 0.246. The molecule has 0 amide bonds. The molecule has 0 bridgehead atoms. The molecule has 1 N–H and O–H groups in total. The summed E-state index contributed by atoms with van der Waals surface area (Å²) in [6.07, 6.45) is 8.16. The number of hydrogen-bond donors (Lipinski definition) is 1. The first kappa shape index (κ1) is 12.4. The van der Waals surface area contributed by atoms with Gasteiger partial charge in [0.25, 0.3) is 0 Å². The Hall–Kier alpha value is -1.02. The topological polar surface area (TPSA) is 29.5 Å². The maximum absolute atomic E-state index is 8.93. The zero-order valence-corrected chi connectivity index (χ0v) is 10.4. The van der Waals surface area contributed by atoms with Crippen LogP contribution in [-0.2, 0) is 6.61 Å². The molecule has 17 heavy (non-hydrogen) atoms. The van der Waals surface area contributed by atoms with Crippen molar-refractivity contribution in [2.75, 3.05) is 6.61 Å². The number of ether oxygens (including phenoxy) is 1. The van der Waals surface area contributed by atoms with E-state index in [9.17, 15) is 0 Å². The molecule has 1 aromatic rings. The van der Waals surface area contributed by atoms with E-state index < -0.39 is 0 Å². The fourth-order valence-corrected chi connectivity index (χ4v) is 2.51. The van der Waals surface area contributed by atoms with Crippen LogP contribution in [-0.4, -0.2) is 11.7 Å². The fourth-order valence-electron chi connectivity index (χ4n) is 2.51. The predicted octanol–water partition coefficient (Wildman–Crippen LogP) is 3.53. The van der Waals surface area contributed by atoms with E-state index >= 15 is 0 Å². The van der Waals surface area contributed by atoms with Gasteiger partial charge in [-0.05, 0) is 30.0 Å². The number of aliphatic hydroxyl groups excluding tert-OH is 1. The monoisotopic (exact) mass is 234 g/mol. The second-order valence-corrected chi connectivity index (χ2v) is 4.94. The molecule has 0 atom stereocenters. The van der Waals surface area contributed by atoms with Crippen molar-refractivity contribution in [3.63, 3.8) is 0 Å². The quantitative estimate of drug-likeness (QED) is 0.844. The molecule has 1 fully saturated rings. The zero-order chi connectivity index (χ0) is 11.9. The number of hydrogen-bond acceptors (Lipinski definition) is 2. The minimum atomic E-state index is 0.0996. The van der Waals surface area contributed by atoms with Gasteiger partial charge in [0.05, 0.1) is 13.2 Å². The van der Waals surface area contributed by atoms with E-state index in [0.717, 1.165) is 23.8 Å². The standard InChI is InChI=1S/C15H22O2/c16-12-14-6-8-15(9-7-14)17-11-10-13-4-2-1-3-5-13/h6-9,13,16H,1-5,10-12H2. The summed E-state index contributed by atoms with van der Waals surface area (Å²) in [5, 5.41) is 8.93. The summed E-state index contributed by atoms with van der Waals surface area (Å²) in [6.45, 7) is 0.922. The second kappa shape index (κ2) is 6.65. The summed E-state index contributed by atoms with van der Waals surface area (Å²) in [7, 11) is 0. The Balaban J connectivity index is 1.69. The van der Waals surface area contributed by atoms with Crippen LogP contribution in [0.15, 0.2) is 24.3 Å². The molecule has 1 saturated carbocycles. The van der Waals surface area contributed by atoms with Gasteiger partial charge in [-0.15, -0.1) is 0 Å². The Morgan fingerprint density at radius 3 is 2.41 bits per heavy atom. The molecular weight excluding hydrogens is 212 g/mol. The van der Waals surface area contributed by atoms with Crippen molar-refractivity contribution >= 4 is 0 Å². The van der Waals surface area contributed by atoms with Crippen LogP contribution in [0.25, 0.3) is 0 Å². The average molecular weight is 234 g/mol. The Bertz CT molecular complexity index is 312. The van der Waals surface area contributed by atoms with Crippen LogP contribution in [0.5, 0.6) is 5.75 Å². The molecule has 0 aliphatic heterocycles. The molecule has 1 aliphatic carbocycles. The van der Waals surface area contributed by atoms with E-state index in [1.165, 1.54) is 38.5 Å². The van der Waals surface area contributed by atoms with Gasteiger partial charge in [-0.25, -0.2) is 0 Å². The molecule has 0 saturated heterocycles. The highest BCUT2D eigenvalue weighted by Crippen LogP contribution is 2.26. The lowest BCUT2D eigenvalue weighted by Crippen LogP contribution is -2.10. The zero-order valence-electron chi connectivity index (χ0n) is 10.4. The van der Waals surface area contributed by atoms with Crippen LogP contribution in [0.3, 0.4) is 0 Å². The summed E-state index contributed by atoms with van der Waals surface area (Å²) in [5.41, 5.74) is 0.935. The lowest BCUT2D eigenvalue weighted by Gasteiger charge is -2.21. The van der Waals surface area contributed by atoms with Crippen molar-refractivity contribution in [2.24, 2.45) is 5.92 Å². The van der Waals surface area contributed by atoms with Gasteiger partial charge in [-0.3, -0.25) is 0 Å². The van der Waals surface area contributed by atoms with Crippen molar-refractivity contribution in [3.05, 3.63) is 29.8 Å². The largest absolute Gasteiger partial charge is 0.494 e. The Morgan fingerprint density at radius 1 is 1.06 bits per heavy atom. The first-order valence-corrected chi connectivity index (χ1v) is 6.71. The fraction of sp³-hybridized carbons (Fsp3) is 0.600. The number of benzene rings is 1. The Labute approximate surface area is 104 Å². The molecule has 0 radical (unpaired) electrons. The Kier molecular flexibility index (Phi) is 4.87. The third-order valence-corrected chi connectivity index (χ3v) is 3.63. The van der Waals surface area contributed by atoms with Gasteiger partial charge in [-0.1, -0.05) is 44.2 Å². The lowest BCUT2D eigenvalue weighted by atomic mass is 9.87. The van der Waals surface area contributed by atoms with Crippen molar-refractivity contribution in [1.82, 2.24) is 0 Å². The van der Waals surface area contributed by atoms with Crippen LogP contribution < -0.4 is 4.74 Å². The molecule has 0 unspecified atom stereocenters. The van der Waals surface area contributed by atoms with E-state index in [4.69, 9.17) is 9.84 Å². The predicted molar refractivity (Wildman–Crippen MR) is 69.1 cm³/mol.